The van der Waals surface area contributed by atoms with Gasteiger partial charge in [-0.25, -0.2) is 0 Å². The molecular formula is C11H20O2. The summed E-state index contributed by atoms with van der Waals surface area (Å²) in [6.07, 6.45) is 8.04. The Labute approximate surface area is 80.3 Å². The third-order valence-corrected chi connectivity index (χ3v) is 2.79. The van der Waals surface area contributed by atoms with Gasteiger partial charge in [0.2, 0.25) is 0 Å². The van der Waals surface area contributed by atoms with Crippen LogP contribution in [-0.2, 0) is 0 Å². The lowest BCUT2D eigenvalue weighted by Gasteiger charge is -2.27. The van der Waals surface area contributed by atoms with Gasteiger partial charge in [-0.2, -0.15) is 0 Å². The maximum atomic E-state index is 9.73. The molecule has 0 fully saturated rings. The summed E-state index contributed by atoms with van der Waals surface area (Å²) in [5.41, 5.74) is 0. The van der Waals surface area contributed by atoms with Crippen LogP contribution in [0.5, 0.6) is 0 Å². The maximum Gasteiger partial charge on any atom is 0.0609 e. The van der Waals surface area contributed by atoms with Crippen LogP contribution < -0.4 is 0 Å². The Morgan fingerprint density at radius 1 is 1.38 bits per heavy atom. The molecule has 0 saturated carbocycles. The molecule has 13 heavy (non-hydrogen) atoms. The lowest BCUT2D eigenvalue weighted by molar-refractivity contribution is 0.0816. The summed E-state index contributed by atoms with van der Waals surface area (Å²) in [7, 11) is 0. The second kappa shape index (κ2) is 5.40. The molecule has 1 aliphatic rings. The van der Waals surface area contributed by atoms with Gasteiger partial charge in [-0.3, -0.25) is 0 Å². The van der Waals surface area contributed by atoms with Crippen molar-refractivity contribution in [2.45, 2.75) is 38.7 Å². The van der Waals surface area contributed by atoms with Crippen LogP contribution in [0.3, 0.4) is 0 Å². The summed E-state index contributed by atoms with van der Waals surface area (Å²) in [4.78, 5) is 0. The molecule has 2 N–H and O–H groups in total. The molecule has 1 aliphatic carbocycles. The molecule has 2 heteroatoms. The number of unbranched alkanes of at least 4 members (excludes halogenated alkanes) is 1. The largest absolute Gasteiger partial charge is 0.396 e. The van der Waals surface area contributed by atoms with Crippen molar-refractivity contribution < 1.29 is 10.2 Å². The van der Waals surface area contributed by atoms with Crippen LogP contribution in [0.15, 0.2) is 12.2 Å². The Balaban J connectivity index is 2.39. The van der Waals surface area contributed by atoms with Gasteiger partial charge >= 0.3 is 0 Å². The Morgan fingerprint density at radius 2 is 2.15 bits per heavy atom. The molecule has 0 amide bonds. The first-order valence-electron chi connectivity index (χ1n) is 5.25. The van der Waals surface area contributed by atoms with E-state index in [4.69, 9.17) is 5.11 Å². The SMILES string of the molecule is CCCC[C@H]1C=C[C@@H](CO)C[C@H]1O. The zero-order valence-electron chi connectivity index (χ0n) is 8.32. The normalized spacial score (nSPS) is 33.6. The van der Waals surface area contributed by atoms with E-state index < -0.39 is 0 Å². The van der Waals surface area contributed by atoms with Crippen molar-refractivity contribution in [3.8, 4) is 0 Å². The first-order valence-corrected chi connectivity index (χ1v) is 5.25. The van der Waals surface area contributed by atoms with E-state index in [1.807, 2.05) is 6.08 Å². The minimum atomic E-state index is -0.242. The van der Waals surface area contributed by atoms with E-state index in [0.29, 0.717) is 5.92 Å². The summed E-state index contributed by atoms with van der Waals surface area (Å²) in [5.74, 6) is 0.496. The summed E-state index contributed by atoms with van der Waals surface area (Å²) in [6.45, 7) is 2.32. The molecule has 0 unspecified atom stereocenters. The lowest BCUT2D eigenvalue weighted by atomic mass is 9.84. The zero-order valence-corrected chi connectivity index (χ0v) is 8.32. The molecule has 0 radical (unpaired) electrons. The third kappa shape index (κ3) is 3.12. The van der Waals surface area contributed by atoms with E-state index in [9.17, 15) is 5.11 Å². The maximum absolute atomic E-state index is 9.73. The van der Waals surface area contributed by atoms with Crippen LogP contribution >= 0.6 is 0 Å². The van der Waals surface area contributed by atoms with E-state index in [0.717, 1.165) is 12.8 Å². The van der Waals surface area contributed by atoms with Gasteiger partial charge in [0.25, 0.3) is 0 Å². The number of aliphatic hydroxyl groups excluding tert-OH is 2. The quantitative estimate of drug-likeness (QED) is 0.653. The highest BCUT2D eigenvalue weighted by atomic mass is 16.3. The smallest absolute Gasteiger partial charge is 0.0609 e. The van der Waals surface area contributed by atoms with Crippen molar-refractivity contribution >= 4 is 0 Å². The zero-order chi connectivity index (χ0) is 9.68. The van der Waals surface area contributed by atoms with Crippen LogP contribution in [-0.4, -0.2) is 22.9 Å². The molecule has 76 valence electrons. The highest BCUT2D eigenvalue weighted by molar-refractivity contribution is 5.01. The molecule has 0 aliphatic heterocycles. The molecular weight excluding hydrogens is 164 g/mol. The predicted molar refractivity (Wildman–Crippen MR) is 53.4 cm³/mol. The van der Waals surface area contributed by atoms with Crippen LogP contribution in [0.1, 0.15) is 32.6 Å². The molecule has 3 atom stereocenters. The third-order valence-electron chi connectivity index (χ3n) is 2.79. The monoisotopic (exact) mass is 184 g/mol. The van der Waals surface area contributed by atoms with Crippen molar-refractivity contribution in [2.24, 2.45) is 11.8 Å². The summed E-state index contributed by atoms with van der Waals surface area (Å²) in [6, 6.07) is 0. The molecule has 0 spiro atoms. The van der Waals surface area contributed by atoms with Crippen LogP contribution in [0.4, 0.5) is 0 Å². The van der Waals surface area contributed by atoms with Crippen molar-refractivity contribution in [3.63, 3.8) is 0 Å². The first kappa shape index (κ1) is 10.7. The van der Waals surface area contributed by atoms with Crippen LogP contribution in [0.25, 0.3) is 0 Å². The highest BCUT2D eigenvalue weighted by Gasteiger charge is 2.23. The molecule has 0 aromatic heterocycles. The van der Waals surface area contributed by atoms with Gasteiger partial charge in [0.15, 0.2) is 0 Å². The van der Waals surface area contributed by atoms with Crippen LogP contribution in [0, 0.1) is 11.8 Å². The standard InChI is InChI=1S/C11H20O2/c1-2-3-4-10-6-5-9(8-12)7-11(10)13/h5-6,9-13H,2-4,7-8H2,1H3/t9-,10+,11-/m1/s1. The van der Waals surface area contributed by atoms with E-state index in [2.05, 4.69) is 13.0 Å². The van der Waals surface area contributed by atoms with Gasteiger partial charge in [0.05, 0.1) is 6.10 Å². The first-order chi connectivity index (χ1) is 6.27. The second-order valence-corrected chi connectivity index (χ2v) is 3.94. The highest BCUT2D eigenvalue weighted by Crippen LogP contribution is 2.26. The number of hydrogen-bond donors (Lipinski definition) is 2. The fraction of sp³-hybridized carbons (Fsp3) is 0.818. The topological polar surface area (TPSA) is 40.5 Å². The fourth-order valence-corrected chi connectivity index (χ4v) is 1.86. The van der Waals surface area contributed by atoms with E-state index >= 15 is 0 Å². The predicted octanol–water partition coefficient (Wildman–Crippen LogP) is 1.72. The number of hydrogen-bond acceptors (Lipinski definition) is 2. The van der Waals surface area contributed by atoms with Crippen LogP contribution in [0.2, 0.25) is 0 Å². The summed E-state index contributed by atoms with van der Waals surface area (Å²) >= 11 is 0. The van der Waals surface area contributed by atoms with Gasteiger partial charge in [0.1, 0.15) is 0 Å². The van der Waals surface area contributed by atoms with Gasteiger partial charge in [-0.05, 0) is 12.8 Å². The lowest BCUT2D eigenvalue weighted by Crippen LogP contribution is -2.26. The molecule has 1 rings (SSSR count). The number of aliphatic hydroxyl groups is 2. The van der Waals surface area contributed by atoms with Crippen molar-refractivity contribution in [3.05, 3.63) is 12.2 Å². The minimum absolute atomic E-state index is 0.161. The Morgan fingerprint density at radius 3 is 2.69 bits per heavy atom. The fourth-order valence-electron chi connectivity index (χ4n) is 1.86. The van der Waals surface area contributed by atoms with Crippen molar-refractivity contribution in [1.29, 1.82) is 0 Å². The van der Waals surface area contributed by atoms with E-state index in [-0.39, 0.29) is 18.6 Å². The molecule has 0 aromatic carbocycles. The minimum Gasteiger partial charge on any atom is -0.396 e. The Kier molecular flexibility index (Phi) is 4.46. The van der Waals surface area contributed by atoms with E-state index in [1.165, 1.54) is 12.8 Å². The second-order valence-electron chi connectivity index (χ2n) is 3.94. The molecule has 0 heterocycles. The van der Waals surface area contributed by atoms with Crippen molar-refractivity contribution in [1.82, 2.24) is 0 Å². The van der Waals surface area contributed by atoms with Gasteiger partial charge in [-0.1, -0.05) is 31.9 Å². The average molecular weight is 184 g/mol. The molecule has 0 bridgehead atoms. The average Bonchev–Trinajstić information content (AvgIpc) is 2.16. The summed E-state index contributed by atoms with van der Waals surface area (Å²) in [5, 5.41) is 18.6. The summed E-state index contributed by atoms with van der Waals surface area (Å²) < 4.78 is 0. The van der Waals surface area contributed by atoms with E-state index in [1.54, 1.807) is 0 Å². The number of rotatable bonds is 4. The molecule has 0 aromatic rings. The Hall–Kier alpha value is -0.340. The van der Waals surface area contributed by atoms with Gasteiger partial charge in [0, 0.05) is 18.4 Å². The van der Waals surface area contributed by atoms with Gasteiger partial charge < -0.3 is 10.2 Å². The molecule has 2 nitrogen and oxygen atoms in total. The van der Waals surface area contributed by atoms with Crippen molar-refractivity contribution in [2.75, 3.05) is 6.61 Å². The Bertz CT molecular complexity index is 165. The molecule has 0 saturated heterocycles. The van der Waals surface area contributed by atoms with Gasteiger partial charge in [-0.15, -0.1) is 0 Å².